The molecule has 0 aromatic heterocycles. The smallest absolute Gasteiger partial charge is 0.0452 e. The van der Waals surface area contributed by atoms with Gasteiger partial charge in [-0.15, -0.1) is 0 Å². The number of likely N-dealkylation sites (N-methyl/N-ethyl adjacent to an activating group) is 1. The van der Waals surface area contributed by atoms with Crippen molar-refractivity contribution in [1.29, 1.82) is 0 Å². The van der Waals surface area contributed by atoms with E-state index in [9.17, 15) is 0 Å². The Labute approximate surface area is 118 Å². The number of nitrogens with one attached hydrogen (secondary N) is 1. The second kappa shape index (κ2) is 6.06. The summed E-state index contributed by atoms with van der Waals surface area (Å²) in [6.07, 6.45) is 2.65. The fourth-order valence-corrected chi connectivity index (χ4v) is 3.22. The maximum atomic E-state index is 3.66. The molecule has 0 radical (unpaired) electrons. The lowest BCUT2D eigenvalue weighted by atomic mass is 9.98. The Balaban J connectivity index is 2.15. The lowest BCUT2D eigenvalue weighted by Gasteiger charge is -2.35. The summed E-state index contributed by atoms with van der Waals surface area (Å²) in [7, 11) is 0. The second-order valence-electron chi connectivity index (χ2n) is 6.33. The highest BCUT2D eigenvalue weighted by atomic mass is 15.2. The standard InChI is InChI=1S/C17H28N2/c1-5-18-16(15-10-7-6-9-14(15)2)13-19-12-8-11-17(19,3)4/h6-7,9-10,16,18H,5,8,11-13H2,1-4H3. The Hall–Kier alpha value is -0.860. The quantitative estimate of drug-likeness (QED) is 0.871. The first-order valence-corrected chi connectivity index (χ1v) is 7.58. The zero-order valence-electron chi connectivity index (χ0n) is 12.9. The van der Waals surface area contributed by atoms with Crippen molar-refractivity contribution in [2.24, 2.45) is 0 Å². The molecule has 0 saturated carbocycles. The van der Waals surface area contributed by atoms with Crippen LogP contribution in [0.2, 0.25) is 0 Å². The molecule has 0 amide bonds. The molecule has 1 aliphatic rings. The van der Waals surface area contributed by atoms with Gasteiger partial charge in [-0.05, 0) is 57.8 Å². The second-order valence-corrected chi connectivity index (χ2v) is 6.33. The number of hydrogen-bond donors (Lipinski definition) is 1. The average molecular weight is 260 g/mol. The Morgan fingerprint density at radius 3 is 2.63 bits per heavy atom. The third kappa shape index (κ3) is 3.37. The molecule has 106 valence electrons. The average Bonchev–Trinajstić information content (AvgIpc) is 2.69. The molecule has 0 aliphatic carbocycles. The summed E-state index contributed by atoms with van der Waals surface area (Å²) >= 11 is 0. The predicted octanol–water partition coefficient (Wildman–Crippen LogP) is 3.52. The van der Waals surface area contributed by atoms with Crippen LogP contribution in [-0.2, 0) is 0 Å². The predicted molar refractivity (Wildman–Crippen MR) is 82.5 cm³/mol. The van der Waals surface area contributed by atoms with Gasteiger partial charge >= 0.3 is 0 Å². The summed E-state index contributed by atoms with van der Waals surface area (Å²) in [5.41, 5.74) is 3.20. The van der Waals surface area contributed by atoms with Gasteiger partial charge in [0.15, 0.2) is 0 Å². The van der Waals surface area contributed by atoms with Gasteiger partial charge in [0.1, 0.15) is 0 Å². The molecule has 2 nitrogen and oxygen atoms in total. The summed E-state index contributed by atoms with van der Waals surface area (Å²) < 4.78 is 0. The Bertz CT molecular complexity index is 411. The fraction of sp³-hybridized carbons (Fsp3) is 0.647. The maximum Gasteiger partial charge on any atom is 0.0452 e. The van der Waals surface area contributed by atoms with Crippen LogP contribution in [0.3, 0.4) is 0 Å². The lowest BCUT2D eigenvalue weighted by Crippen LogP contribution is -2.43. The monoisotopic (exact) mass is 260 g/mol. The van der Waals surface area contributed by atoms with Crippen LogP contribution in [-0.4, -0.2) is 30.1 Å². The van der Waals surface area contributed by atoms with Crippen molar-refractivity contribution < 1.29 is 0 Å². The van der Waals surface area contributed by atoms with Gasteiger partial charge in [0, 0.05) is 18.1 Å². The summed E-state index contributed by atoms with van der Waals surface area (Å²) in [5.74, 6) is 0. The van der Waals surface area contributed by atoms with Crippen molar-refractivity contribution in [2.45, 2.75) is 52.1 Å². The molecular weight excluding hydrogens is 232 g/mol. The molecule has 1 aromatic rings. The zero-order chi connectivity index (χ0) is 13.9. The van der Waals surface area contributed by atoms with Crippen LogP contribution in [0.15, 0.2) is 24.3 Å². The number of hydrogen-bond acceptors (Lipinski definition) is 2. The van der Waals surface area contributed by atoms with E-state index in [4.69, 9.17) is 0 Å². The number of nitrogens with zero attached hydrogens (tertiary/aromatic N) is 1. The lowest BCUT2D eigenvalue weighted by molar-refractivity contribution is 0.157. The van der Waals surface area contributed by atoms with E-state index in [1.165, 1.54) is 30.5 Å². The molecule has 1 heterocycles. The van der Waals surface area contributed by atoms with Crippen LogP contribution in [0, 0.1) is 6.92 Å². The molecule has 1 aliphatic heterocycles. The van der Waals surface area contributed by atoms with Crippen LogP contribution in [0.25, 0.3) is 0 Å². The van der Waals surface area contributed by atoms with Gasteiger partial charge in [-0.1, -0.05) is 31.2 Å². The van der Waals surface area contributed by atoms with Crippen LogP contribution in [0.4, 0.5) is 0 Å². The van der Waals surface area contributed by atoms with Crippen LogP contribution in [0.1, 0.15) is 50.8 Å². The molecule has 2 rings (SSSR count). The third-order valence-electron chi connectivity index (χ3n) is 4.49. The topological polar surface area (TPSA) is 15.3 Å². The van der Waals surface area contributed by atoms with E-state index in [2.05, 4.69) is 62.2 Å². The normalized spacial score (nSPS) is 20.6. The van der Waals surface area contributed by atoms with E-state index in [1.54, 1.807) is 0 Å². The van der Waals surface area contributed by atoms with Gasteiger partial charge in [0.2, 0.25) is 0 Å². The molecule has 0 bridgehead atoms. The van der Waals surface area contributed by atoms with Gasteiger partial charge in [-0.2, -0.15) is 0 Å². The molecular formula is C17H28N2. The molecule has 1 fully saturated rings. The van der Waals surface area contributed by atoms with E-state index >= 15 is 0 Å². The first-order valence-electron chi connectivity index (χ1n) is 7.58. The van der Waals surface area contributed by atoms with E-state index in [1.807, 2.05) is 0 Å². The summed E-state index contributed by atoms with van der Waals surface area (Å²) in [6, 6.07) is 9.22. The summed E-state index contributed by atoms with van der Waals surface area (Å²) in [4.78, 5) is 2.65. The molecule has 19 heavy (non-hydrogen) atoms. The van der Waals surface area contributed by atoms with Crippen molar-refractivity contribution in [3.63, 3.8) is 0 Å². The molecule has 1 saturated heterocycles. The number of benzene rings is 1. The van der Waals surface area contributed by atoms with Crippen molar-refractivity contribution in [3.8, 4) is 0 Å². The highest BCUT2D eigenvalue weighted by molar-refractivity contribution is 5.29. The van der Waals surface area contributed by atoms with Crippen LogP contribution < -0.4 is 5.32 Å². The van der Waals surface area contributed by atoms with Gasteiger partial charge in [0.25, 0.3) is 0 Å². The SMILES string of the molecule is CCNC(CN1CCCC1(C)C)c1ccccc1C. The molecule has 0 spiro atoms. The van der Waals surface area contributed by atoms with E-state index in [0.717, 1.165) is 13.1 Å². The van der Waals surface area contributed by atoms with Crippen LogP contribution in [0.5, 0.6) is 0 Å². The van der Waals surface area contributed by atoms with Gasteiger partial charge in [-0.25, -0.2) is 0 Å². The zero-order valence-corrected chi connectivity index (χ0v) is 12.9. The van der Waals surface area contributed by atoms with Crippen molar-refractivity contribution in [2.75, 3.05) is 19.6 Å². The van der Waals surface area contributed by atoms with Crippen molar-refractivity contribution >= 4 is 0 Å². The Kier molecular flexibility index (Phi) is 4.64. The van der Waals surface area contributed by atoms with Crippen molar-refractivity contribution in [1.82, 2.24) is 10.2 Å². The first-order chi connectivity index (χ1) is 9.04. The number of aryl methyl sites for hydroxylation is 1. The fourth-order valence-electron chi connectivity index (χ4n) is 3.22. The minimum Gasteiger partial charge on any atom is -0.309 e. The highest BCUT2D eigenvalue weighted by Gasteiger charge is 2.33. The molecule has 1 aromatic carbocycles. The van der Waals surface area contributed by atoms with E-state index in [0.29, 0.717) is 11.6 Å². The minimum absolute atomic E-state index is 0.357. The third-order valence-corrected chi connectivity index (χ3v) is 4.49. The molecule has 1 unspecified atom stereocenters. The molecule has 1 atom stereocenters. The van der Waals surface area contributed by atoms with Crippen molar-refractivity contribution in [3.05, 3.63) is 35.4 Å². The Morgan fingerprint density at radius 1 is 1.32 bits per heavy atom. The highest BCUT2D eigenvalue weighted by Crippen LogP contribution is 2.30. The van der Waals surface area contributed by atoms with E-state index < -0.39 is 0 Å². The largest absolute Gasteiger partial charge is 0.309 e. The molecule has 2 heteroatoms. The van der Waals surface area contributed by atoms with Gasteiger partial charge in [0.05, 0.1) is 0 Å². The summed E-state index contributed by atoms with van der Waals surface area (Å²) in [6.45, 7) is 12.5. The van der Waals surface area contributed by atoms with Gasteiger partial charge in [-0.3, -0.25) is 4.90 Å². The van der Waals surface area contributed by atoms with Gasteiger partial charge < -0.3 is 5.32 Å². The van der Waals surface area contributed by atoms with E-state index in [-0.39, 0.29) is 0 Å². The molecule has 1 N–H and O–H groups in total. The maximum absolute atomic E-state index is 3.66. The number of likely N-dealkylation sites (tertiary alicyclic amines) is 1. The minimum atomic E-state index is 0.357. The summed E-state index contributed by atoms with van der Waals surface area (Å²) in [5, 5.41) is 3.66. The number of rotatable bonds is 5. The first kappa shape index (κ1) is 14.5. The Morgan fingerprint density at radius 2 is 2.05 bits per heavy atom. The van der Waals surface area contributed by atoms with Crippen LogP contribution >= 0.6 is 0 Å².